The Morgan fingerprint density at radius 3 is 2.54 bits per heavy atom. The quantitative estimate of drug-likeness (QED) is 0.373. The van der Waals surface area contributed by atoms with E-state index in [1.807, 2.05) is 0 Å². The number of nitrogens with one attached hydrogen (secondary N) is 2. The standard InChI is InChI=1S/C28H29ClN6O4/c29-21-7-4-20(5-8-21)6-9-25(36)34-24(17-22-3-1-2-12-31-22)28(38)33-19-27(37)35-15-10-23(11-16-35)39-26-18-30-13-14-32-26/h1-9,12-14,18,23-24H,10-11,15-17,19H2,(H,33,38)(H,34,36)/b9-6+/t24-/m0/s1. The Bertz CT molecular complexity index is 1270. The summed E-state index contributed by atoms with van der Waals surface area (Å²) in [4.78, 5) is 52.5. The van der Waals surface area contributed by atoms with Crippen LogP contribution in [0.5, 0.6) is 5.88 Å². The predicted octanol–water partition coefficient (Wildman–Crippen LogP) is 2.45. The molecule has 4 rings (SSSR count). The molecule has 2 N–H and O–H groups in total. The molecule has 2 aromatic heterocycles. The van der Waals surface area contributed by atoms with Crippen LogP contribution in [0, 0.1) is 0 Å². The van der Waals surface area contributed by atoms with Crippen molar-refractivity contribution in [1.29, 1.82) is 0 Å². The van der Waals surface area contributed by atoms with Crippen LogP contribution in [0.3, 0.4) is 0 Å². The summed E-state index contributed by atoms with van der Waals surface area (Å²) in [6, 6.07) is 11.4. The van der Waals surface area contributed by atoms with Crippen molar-refractivity contribution in [3.05, 3.63) is 89.6 Å². The average molecular weight is 549 g/mol. The molecule has 39 heavy (non-hydrogen) atoms. The summed E-state index contributed by atoms with van der Waals surface area (Å²) < 4.78 is 5.82. The Hall–Kier alpha value is -4.31. The van der Waals surface area contributed by atoms with Crippen LogP contribution in [0.4, 0.5) is 0 Å². The van der Waals surface area contributed by atoms with Gasteiger partial charge in [0.15, 0.2) is 0 Å². The van der Waals surface area contributed by atoms with Crippen molar-refractivity contribution in [3.63, 3.8) is 0 Å². The molecule has 10 nitrogen and oxygen atoms in total. The number of hydrogen-bond acceptors (Lipinski definition) is 7. The zero-order valence-corrected chi connectivity index (χ0v) is 22.0. The van der Waals surface area contributed by atoms with Gasteiger partial charge in [-0.05, 0) is 35.9 Å². The third kappa shape index (κ3) is 8.89. The molecule has 11 heteroatoms. The summed E-state index contributed by atoms with van der Waals surface area (Å²) in [5.41, 5.74) is 1.42. The first-order chi connectivity index (χ1) is 19.0. The van der Waals surface area contributed by atoms with Crippen LogP contribution in [0.2, 0.25) is 5.02 Å². The van der Waals surface area contributed by atoms with E-state index in [0.717, 1.165) is 5.56 Å². The lowest BCUT2D eigenvalue weighted by molar-refractivity contribution is -0.135. The average Bonchev–Trinajstić information content (AvgIpc) is 2.96. The summed E-state index contributed by atoms with van der Waals surface area (Å²) in [7, 11) is 0. The number of pyridine rings is 1. The highest BCUT2D eigenvalue weighted by Crippen LogP contribution is 2.16. The predicted molar refractivity (Wildman–Crippen MR) is 146 cm³/mol. The summed E-state index contributed by atoms with van der Waals surface area (Å²) >= 11 is 5.90. The minimum atomic E-state index is -0.916. The molecule has 1 aromatic carbocycles. The van der Waals surface area contributed by atoms with Crippen molar-refractivity contribution in [2.75, 3.05) is 19.6 Å². The molecular weight excluding hydrogens is 520 g/mol. The third-order valence-corrected chi connectivity index (χ3v) is 6.36. The van der Waals surface area contributed by atoms with Gasteiger partial charge in [0, 0.05) is 67.7 Å². The zero-order valence-electron chi connectivity index (χ0n) is 21.2. The molecule has 0 unspecified atom stereocenters. The maximum Gasteiger partial charge on any atom is 0.244 e. The lowest BCUT2D eigenvalue weighted by atomic mass is 10.1. The maximum atomic E-state index is 13.0. The number of carbonyl (C=O) groups is 3. The van der Waals surface area contributed by atoms with Gasteiger partial charge in [0.25, 0.3) is 0 Å². The summed E-state index contributed by atoms with van der Waals surface area (Å²) in [6.45, 7) is 0.830. The van der Waals surface area contributed by atoms with E-state index in [1.165, 1.54) is 6.08 Å². The highest BCUT2D eigenvalue weighted by molar-refractivity contribution is 6.30. The van der Waals surface area contributed by atoms with Gasteiger partial charge in [-0.15, -0.1) is 0 Å². The number of carbonyl (C=O) groups excluding carboxylic acids is 3. The van der Waals surface area contributed by atoms with Crippen LogP contribution in [-0.2, 0) is 20.8 Å². The van der Waals surface area contributed by atoms with E-state index in [0.29, 0.717) is 42.5 Å². The van der Waals surface area contributed by atoms with E-state index in [4.69, 9.17) is 16.3 Å². The van der Waals surface area contributed by atoms with E-state index in [9.17, 15) is 14.4 Å². The van der Waals surface area contributed by atoms with Crippen LogP contribution in [-0.4, -0.2) is 69.4 Å². The second-order valence-corrected chi connectivity index (χ2v) is 9.37. The Kier molecular flexibility index (Phi) is 9.96. The number of likely N-dealkylation sites (tertiary alicyclic amines) is 1. The zero-order chi connectivity index (χ0) is 27.5. The topological polar surface area (TPSA) is 126 Å². The van der Waals surface area contributed by atoms with Crippen molar-refractivity contribution in [2.24, 2.45) is 0 Å². The number of benzene rings is 1. The van der Waals surface area contributed by atoms with E-state index < -0.39 is 17.9 Å². The molecule has 3 heterocycles. The SMILES string of the molecule is O=C(/C=C/c1ccc(Cl)cc1)N[C@@H](Cc1ccccn1)C(=O)NCC(=O)N1CCC(Oc2cnccn2)CC1. The van der Waals surface area contributed by atoms with Crippen molar-refractivity contribution in [2.45, 2.75) is 31.4 Å². The first-order valence-electron chi connectivity index (χ1n) is 12.6. The van der Waals surface area contributed by atoms with Gasteiger partial charge in [-0.1, -0.05) is 29.8 Å². The van der Waals surface area contributed by atoms with Gasteiger partial charge in [-0.2, -0.15) is 0 Å². The molecule has 3 aromatic rings. The second kappa shape index (κ2) is 14.0. The molecule has 1 aliphatic rings. The van der Waals surface area contributed by atoms with Crippen molar-refractivity contribution < 1.29 is 19.1 Å². The van der Waals surface area contributed by atoms with Gasteiger partial charge in [-0.3, -0.25) is 24.4 Å². The number of aromatic nitrogens is 3. The van der Waals surface area contributed by atoms with Crippen LogP contribution in [0.15, 0.2) is 73.3 Å². The molecule has 3 amide bonds. The van der Waals surface area contributed by atoms with Gasteiger partial charge in [-0.25, -0.2) is 4.98 Å². The van der Waals surface area contributed by atoms with E-state index >= 15 is 0 Å². The summed E-state index contributed by atoms with van der Waals surface area (Å²) in [5, 5.41) is 5.99. The number of hydrogen-bond donors (Lipinski definition) is 2. The van der Waals surface area contributed by atoms with Crippen molar-refractivity contribution >= 4 is 35.4 Å². The first-order valence-corrected chi connectivity index (χ1v) is 13.0. The Labute approximate surface area is 231 Å². The van der Waals surface area contributed by atoms with Gasteiger partial charge >= 0.3 is 0 Å². The van der Waals surface area contributed by atoms with Gasteiger partial charge in [0.2, 0.25) is 23.6 Å². The number of rotatable bonds is 10. The molecular formula is C28H29ClN6O4. The Balaban J connectivity index is 1.29. The van der Waals surface area contributed by atoms with Gasteiger partial charge in [0.1, 0.15) is 12.1 Å². The molecule has 1 aliphatic heterocycles. The maximum absolute atomic E-state index is 13.0. The number of amides is 3. The lowest BCUT2D eigenvalue weighted by Crippen LogP contribution is -2.51. The van der Waals surface area contributed by atoms with Crippen molar-refractivity contribution in [1.82, 2.24) is 30.5 Å². The minimum absolute atomic E-state index is 0.0563. The number of piperidine rings is 1. The number of halogens is 1. The highest BCUT2D eigenvalue weighted by Gasteiger charge is 2.26. The van der Waals surface area contributed by atoms with Crippen LogP contribution >= 0.6 is 11.6 Å². The number of ether oxygens (including phenoxy) is 1. The van der Waals surface area contributed by atoms with E-state index in [-0.39, 0.29) is 25.0 Å². The fourth-order valence-corrected chi connectivity index (χ4v) is 4.17. The Morgan fingerprint density at radius 2 is 1.85 bits per heavy atom. The third-order valence-electron chi connectivity index (χ3n) is 6.10. The largest absolute Gasteiger partial charge is 0.473 e. The molecule has 1 atom stereocenters. The summed E-state index contributed by atoms with van der Waals surface area (Å²) in [5.74, 6) is -0.661. The molecule has 0 spiro atoms. The van der Waals surface area contributed by atoms with Crippen LogP contribution < -0.4 is 15.4 Å². The first kappa shape index (κ1) is 27.7. The monoisotopic (exact) mass is 548 g/mol. The van der Waals surface area contributed by atoms with E-state index in [2.05, 4.69) is 25.6 Å². The summed E-state index contributed by atoms with van der Waals surface area (Å²) in [6.07, 6.45) is 10.7. The molecule has 202 valence electrons. The lowest BCUT2D eigenvalue weighted by Gasteiger charge is -2.32. The minimum Gasteiger partial charge on any atom is -0.473 e. The highest BCUT2D eigenvalue weighted by atomic mass is 35.5. The number of nitrogens with zero attached hydrogens (tertiary/aromatic N) is 4. The van der Waals surface area contributed by atoms with E-state index in [1.54, 1.807) is 78.2 Å². The van der Waals surface area contributed by atoms with Crippen LogP contribution in [0.25, 0.3) is 6.08 Å². The smallest absolute Gasteiger partial charge is 0.244 e. The normalized spacial score (nSPS) is 14.5. The fraction of sp³-hybridized carbons (Fsp3) is 0.286. The molecule has 0 bridgehead atoms. The van der Waals surface area contributed by atoms with Crippen LogP contribution in [0.1, 0.15) is 24.1 Å². The van der Waals surface area contributed by atoms with Gasteiger partial charge in [0.05, 0.1) is 12.7 Å². The van der Waals surface area contributed by atoms with Gasteiger partial charge < -0.3 is 20.3 Å². The fourth-order valence-electron chi connectivity index (χ4n) is 4.04. The molecule has 1 saturated heterocycles. The molecule has 0 aliphatic carbocycles. The molecule has 0 radical (unpaired) electrons. The second-order valence-electron chi connectivity index (χ2n) is 8.93. The Morgan fingerprint density at radius 1 is 1.05 bits per heavy atom. The molecule has 1 fully saturated rings. The molecule has 0 saturated carbocycles. The van der Waals surface area contributed by atoms with Crippen molar-refractivity contribution in [3.8, 4) is 5.88 Å².